The van der Waals surface area contributed by atoms with E-state index in [1.54, 1.807) is 0 Å². The molecule has 0 saturated carbocycles. The van der Waals surface area contributed by atoms with Crippen LogP contribution in [0.2, 0.25) is 0 Å². The molecular weight excluding hydrogens is 242 g/mol. The molecule has 0 bridgehead atoms. The SMILES string of the molecule is C=CC(CC)CCCC(/C=C\CC)=Nc1ccccc1. The van der Waals surface area contributed by atoms with E-state index in [0.29, 0.717) is 5.92 Å². The second-order valence-corrected chi connectivity index (χ2v) is 5.05. The van der Waals surface area contributed by atoms with Gasteiger partial charge in [0.05, 0.1) is 5.69 Å². The number of hydrogen-bond donors (Lipinski definition) is 0. The standard InChI is InChI=1S/C19H27N/c1-4-7-13-18(16-11-12-17(5-2)6-3)20-19-14-9-8-10-15-19/h5,7-10,13-15,17H,2,4,6,11-12,16H2,1,3H3/b13-7-,20-18?. The fourth-order valence-electron chi connectivity index (χ4n) is 2.13. The van der Waals surface area contributed by atoms with Crippen LogP contribution in [0.3, 0.4) is 0 Å². The first-order valence-corrected chi connectivity index (χ1v) is 7.71. The minimum absolute atomic E-state index is 0.642. The van der Waals surface area contributed by atoms with E-state index in [-0.39, 0.29) is 0 Å². The quantitative estimate of drug-likeness (QED) is 0.379. The van der Waals surface area contributed by atoms with Gasteiger partial charge in [-0.2, -0.15) is 0 Å². The fraction of sp³-hybridized carbons (Fsp3) is 0.421. The topological polar surface area (TPSA) is 12.4 Å². The molecule has 1 rings (SSSR count). The third-order valence-electron chi connectivity index (χ3n) is 3.44. The van der Waals surface area contributed by atoms with E-state index >= 15 is 0 Å². The van der Waals surface area contributed by atoms with Crippen molar-refractivity contribution in [3.8, 4) is 0 Å². The van der Waals surface area contributed by atoms with Crippen LogP contribution in [0.25, 0.3) is 0 Å². The van der Waals surface area contributed by atoms with E-state index in [9.17, 15) is 0 Å². The Labute approximate surface area is 124 Å². The van der Waals surface area contributed by atoms with E-state index in [1.807, 2.05) is 18.2 Å². The molecule has 0 amide bonds. The van der Waals surface area contributed by atoms with Crippen LogP contribution in [0.1, 0.15) is 46.0 Å². The van der Waals surface area contributed by atoms with Gasteiger partial charge in [0.1, 0.15) is 0 Å². The van der Waals surface area contributed by atoms with Crippen molar-refractivity contribution in [1.82, 2.24) is 0 Å². The van der Waals surface area contributed by atoms with E-state index < -0.39 is 0 Å². The molecule has 0 heterocycles. The van der Waals surface area contributed by atoms with Crippen molar-refractivity contribution in [1.29, 1.82) is 0 Å². The predicted molar refractivity (Wildman–Crippen MR) is 90.8 cm³/mol. The molecule has 108 valence electrons. The van der Waals surface area contributed by atoms with Crippen LogP contribution >= 0.6 is 0 Å². The van der Waals surface area contributed by atoms with Crippen molar-refractivity contribution < 1.29 is 0 Å². The summed E-state index contributed by atoms with van der Waals surface area (Å²) >= 11 is 0. The number of aliphatic imine (C=N–C) groups is 1. The van der Waals surface area contributed by atoms with Crippen LogP contribution in [0.15, 0.2) is 60.1 Å². The van der Waals surface area contributed by atoms with Gasteiger partial charge < -0.3 is 0 Å². The van der Waals surface area contributed by atoms with Crippen LogP contribution in [-0.2, 0) is 0 Å². The van der Waals surface area contributed by atoms with E-state index in [1.165, 1.54) is 25.0 Å². The average Bonchev–Trinajstić information content (AvgIpc) is 2.50. The van der Waals surface area contributed by atoms with Crippen LogP contribution in [0.4, 0.5) is 5.69 Å². The van der Waals surface area contributed by atoms with Crippen LogP contribution in [-0.4, -0.2) is 5.71 Å². The van der Waals surface area contributed by atoms with Gasteiger partial charge in [0.25, 0.3) is 0 Å². The zero-order valence-corrected chi connectivity index (χ0v) is 12.9. The maximum absolute atomic E-state index is 4.75. The summed E-state index contributed by atoms with van der Waals surface area (Å²) in [5, 5.41) is 0. The first kappa shape index (κ1) is 16.4. The van der Waals surface area contributed by atoms with Crippen LogP contribution in [0, 0.1) is 5.92 Å². The van der Waals surface area contributed by atoms with Crippen molar-refractivity contribution in [3.63, 3.8) is 0 Å². The number of para-hydroxylation sites is 1. The summed E-state index contributed by atoms with van der Waals surface area (Å²) in [6, 6.07) is 10.2. The van der Waals surface area contributed by atoms with Crippen molar-refractivity contribution in [3.05, 3.63) is 55.1 Å². The normalized spacial score (nSPS) is 13.6. The second-order valence-electron chi connectivity index (χ2n) is 5.05. The third kappa shape index (κ3) is 6.51. The highest BCUT2D eigenvalue weighted by molar-refractivity contribution is 5.96. The van der Waals surface area contributed by atoms with Gasteiger partial charge in [-0.25, -0.2) is 0 Å². The molecule has 0 aliphatic carbocycles. The van der Waals surface area contributed by atoms with Gasteiger partial charge >= 0.3 is 0 Å². The Morgan fingerprint density at radius 3 is 2.60 bits per heavy atom. The zero-order chi connectivity index (χ0) is 14.6. The van der Waals surface area contributed by atoms with Crippen molar-refractivity contribution in [2.45, 2.75) is 46.0 Å². The van der Waals surface area contributed by atoms with Crippen LogP contribution < -0.4 is 0 Å². The molecule has 1 unspecified atom stereocenters. The number of allylic oxidation sites excluding steroid dienone is 3. The van der Waals surface area contributed by atoms with Crippen molar-refractivity contribution in [2.24, 2.45) is 10.9 Å². The number of benzene rings is 1. The smallest absolute Gasteiger partial charge is 0.0632 e. The molecule has 0 spiro atoms. The molecule has 1 aromatic rings. The first-order chi connectivity index (χ1) is 9.80. The molecule has 0 aliphatic heterocycles. The van der Waals surface area contributed by atoms with E-state index in [4.69, 9.17) is 4.99 Å². The Kier molecular flexibility index (Phi) is 8.37. The Balaban J connectivity index is 2.63. The molecular formula is C19H27N. The summed E-state index contributed by atoms with van der Waals surface area (Å²) in [5.74, 6) is 0.642. The minimum Gasteiger partial charge on any atom is -0.253 e. The Morgan fingerprint density at radius 1 is 1.25 bits per heavy atom. The molecule has 1 nitrogen and oxygen atoms in total. The zero-order valence-electron chi connectivity index (χ0n) is 12.9. The molecule has 20 heavy (non-hydrogen) atoms. The highest BCUT2D eigenvalue weighted by Gasteiger charge is 2.02. The van der Waals surface area contributed by atoms with Gasteiger partial charge in [-0.1, -0.05) is 44.2 Å². The first-order valence-electron chi connectivity index (χ1n) is 7.71. The van der Waals surface area contributed by atoms with Gasteiger partial charge in [-0.15, -0.1) is 6.58 Å². The van der Waals surface area contributed by atoms with E-state index in [2.05, 4.69) is 50.8 Å². The number of hydrogen-bond acceptors (Lipinski definition) is 1. The molecule has 0 N–H and O–H groups in total. The molecule has 0 saturated heterocycles. The predicted octanol–water partition coefficient (Wildman–Crippen LogP) is 6.11. The lowest BCUT2D eigenvalue weighted by Crippen LogP contribution is -1.98. The van der Waals surface area contributed by atoms with Crippen LogP contribution in [0.5, 0.6) is 0 Å². The summed E-state index contributed by atoms with van der Waals surface area (Å²) < 4.78 is 0. The van der Waals surface area contributed by atoms with Crippen molar-refractivity contribution >= 4 is 11.4 Å². The Bertz CT molecular complexity index is 428. The number of nitrogens with zero attached hydrogens (tertiary/aromatic N) is 1. The lowest BCUT2D eigenvalue weighted by molar-refractivity contribution is 0.554. The molecule has 0 radical (unpaired) electrons. The fourth-order valence-corrected chi connectivity index (χ4v) is 2.13. The Hall–Kier alpha value is -1.63. The monoisotopic (exact) mass is 269 g/mol. The highest BCUT2D eigenvalue weighted by atomic mass is 14.7. The summed E-state index contributed by atoms with van der Waals surface area (Å²) in [6.45, 7) is 8.28. The molecule has 1 aromatic carbocycles. The lowest BCUT2D eigenvalue weighted by Gasteiger charge is -2.09. The van der Waals surface area contributed by atoms with Gasteiger partial charge in [-0.05, 0) is 56.2 Å². The molecule has 1 heteroatoms. The minimum atomic E-state index is 0.642. The Morgan fingerprint density at radius 2 is 2.00 bits per heavy atom. The summed E-state index contributed by atoms with van der Waals surface area (Å²) in [4.78, 5) is 4.75. The lowest BCUT2D eigenvalue weighted by atomic mass is 9.98. The molecule has 0 fully saturated rings. The van der Waals surface area contributed by atoms with Crippen molar-refractivity contribution in [2.75, 3.05) is 0 Å². The molecule has 1 atom stereocenters. The van der Waals surface area contributed by atoms with Gasteiger partial charge in [0.2, 0.25) is 0 Å². The maximum atomic E-state index is 4.75. The van der Waals surface area contributed by atoms with E-state index in [0.717, 1.165) is 18.5 Å². The molecule has 0 aromatic heterocycles. The van der Waals surface area contributed by atoms with Gasteiger partial charge in [-0.3, -0.25) is 4.99 Å². The maximum Gasteiger partial charge on any atom is 0.0632 e. The molecule has 0 aliphatic rings. The summed E-state index contributed by atoms with van der Waals surface area (Å²) in [6.07, 6.45) is 12.1. The highest BCUT2D eigenvalue weighted by Crippen LogP contribution is 2.16. The summed E-state index contributed by atoms with van der Waals surface area (Å²) in [5.41, 5.74) is 2.22. The summed E-state index contributed by atoms with van der Waals surface area (Å²) in [7, 11) is 0. The van der Waals surface area contributed by atoms with Gasteiger partial charge in [0, 0.05) is 5.71 Å². The largest absolute Gasteiger partial charge is 0.253 e. The van der Waals surface area contributed by atoms with Gasteiger partial charge in [0.15, 0.2) is 0 Å². The average molecular weight is 269 g/mol. The second kappa shape index (κ2) is 10.2. The number of rotatable bonds is 9. The third-order valence-corrected chi connectivity index (χ3v) is 3.44.